The molecule has 3 aliphatic rings. The molecule has 3 saturated heterocycles. The van der Waals surface area contributed by atoms with Crippen LogP contribution in [0.5, 0.6) is 0 Å². The van der Waals surface area contributed by atoms with Gasteiger partial charge in [0, 0.05) is 52.4 Å². The SMILES string of the molecule is CN1CCN(C(=O)N2CC3CN(C)CC3C2)CC1. The number of carbonyl (C=O) groups excluding carboxylic acids is 1. The number of fused-ring (bicyclic) bond motifs is 1. The van der Waals surface area contributed by atoms with Crippen LogP contribution in [-0.4, -0.2) is 92.1 Å². The monoisotopic (exact) mass is 252 g/mol. The Morgan fingerprint density at radius 3 is 1.89 bits per heavy atom. The van der Waals surface area contributed by atoms with E-state index < -0.39 is 0 Å². The van der Waals surface area contributed by atoms with E-state index in [0.717, 1.165) is 52.4 Å². The zero-order chi connectivity index (χ0) is 12.7. The van der Waals surface area contributed by atoms with Gasteiger partial charge in [-0.2, -0.15) is 0 Å². The minimum atomic E-state index is 0.278. The van der Waals surface area contributed by atoms with Crippen molar-refractivity contribution in [2.45, 2.75) is 0 Å². The van der Waals surface area contributed by atoms with Gasteiger partial charge in [0.2, 0.25) is 0 Å². The van der Waals surface area contributed by atoms with Gasteiger partial charge in [-0.3, -0.25) is 0 Å². The Kier molecular flexibility index (Phi) is 3.20. The summed E-state index contributed by atoms with van der Waals surface area (Å²) in [6.07, 6.45) is 0. The lowest BCUT2D eigenvalue weighted by molar-refractivity contribution is 0.125. The molecule has 5 nitrogen and oxygen atoms in total. The van der Waals surface area contributed by atoms with Crippen LogP contribution in [0.3, 0.4) is 0 Å². The number of nitrogens with zero attached hydrogens (tertiary/aromatic N) is 4. The van der Waals surface area contributed by atoms with Gasteiger partial charge in [0.25, 0.3) is 0 Å². The normalized spacial score (nSPS) is 34.1. The highest BCUT2D eigenvalue weighted by atomic mass is 16.2. The first-order valence-electron chi connectivity index (χ1n) is 7.04. The van der Waals surface area contributed by atoms with Crippen LogP contribution in [0.15, 0.2) is 0 Å². The van der Waals surface area contributed by atoms with Crippen LogP contribution in [0.2, 0.25) is 0 Å². The van der Waals surface area contributed by atoms with E-state index in [4.69, 9.17) is 0 Å². The molecule has 0 saturated carbocycles. The van der Waals surface area contributed by atoms with Gasteiger partial charge in [0.15, 0.2) is 0 Å². The third-order valence-corrected chi connectivity index (χ3v) is 4.71. The lowest BCUT2D eigenvalue weighted by Gasteiger charge is -2.35. The molecular formula is C13H24N4O. The first-order chi connectivity index (χ1) is 8.63. The predicted octanol–water partition coefficient (Wildman–Crippen LogP) is -0.153. The van der Waals surface area contributed by atoms with E-state index in [2.05, 4.69) is 28.8 Å². The molecule has 2 amide bonds. The van der Waals surface area contributed by atoms with Crippen LogP contribution in [0.4, 0.5) is 4.79 Å². The average Bonchev–Trinajstić information content (AvgIpc) is 2.86. The summed E-state index contributed by atoms with van der Waals surface area (Å²) in [4.78, 5) is 21.2. The van der Waals surface area contributed by atoms with E-state index in [1.165, 1.54) is 0 Å². The first-order valence-corrected chi connectivity index (χ1v) is 7.04. The summed E-state index contributed by atoms with van der Waals surface area (Å²) in [6.45, 7) is 8.07. The van der Waals surface area contributed by atoms with Gasteiger partial charge in [-0.05, 0) is 25.9 Å². The van der Waals surface area contributed by atoms with Crippen LogP contribution in [0, 0.1) is 11.8 Å². The summed E-state index contributed by atoms with van der Waals surface area (Å²) in [6, 6.07) is 0.278. The van der Waals surface area contributed by atoms with E-state index in [9.17, 15) is 4.79 Å². The van der Waals surface area contributed by atoms with Crippen LogP contribution in [0.1, 0.15) is 0 Å². The summed E-state index contributed by atoms with van der Waals surface area (Å²) in [5.41, 5.74) is 0. The summed E-state index contributed by atoms with van der Waals surface area (Å²) < 4.78 is 0. The Morgan fingerprint density at radius 2 is 1.33 bits per heavy atom. The van der Waals surface area contributed by atoms with E-state index in [-0.39, 0.29) is 6.03 Å². The molecular weight excluding hydrogens is 228 g/mol. The Labute approximate surface area is 109 Å². The maximum absolute atomic E-state index is 12.4. The third kappa shape index (κ3) is 2.21. The minimum absolute atomic E-state index is 0.278. The Hall–Kier alpha value is -0.810. The highest BCUT2D eigenvalue weighted by molar-refractivity contribution is 5.75. The fourth-order valence-corrected chi connectivity index (χ4v) is 3.58. The van der Waals surface area contributed by atoms with Crippen molar-refractivity contribution in [1.29, 1.82) is 0 Å². The van der Waals surface area contributed by atoms with Gasteiger partial charge in [-0.25, -0.2) is 4.79 Å². The van der Waals surface area contributed by atoms with Crippen molar-refractivity contribution in [3.63, 3.8) is 0 Å². The molecule has 0 N–H and O–H groups in total. The number of amides is 2. The molecule has 18 heavy (non-hydrogen) atoms. The van der Waals surface area contributed by atoms with E-state index in [1.54, 1.807) is 0 Å². The molecule has 3 fully saturated rings. The zero-order valence-electron chi connectivity index (χ0n) is 11.5. The third-order valence-electron chi connectivity index (χ3n) is 4.71. The number of hydrogen-bond donors (Lipinski definition) is 0. The lowest BCUT2D eigenvalue weighted by atomic mass is 10.0. The molecule has 0 spiro atoms. The molecule has 3 heterocycles. The molecule has 3 aliphatic heterocycles. The maximum atomic E-state index is 12.4. The van der Waals surface area contributed by atoms with Gasteiger partial charge in [-0.1, -0.05) is 0 Å². The zero-order valence-corrected chi connectivity index (χ0v) is 11.5. The molecule has 0 aromatic rings. The largest absolute Gasteiger partial charge is 0.324 e. The molecule has 2 unspecified atom stereocenters. The van der Waals surface area contributed by atoms with Crippen LogP contribution in [0.25, 0.3) is 0 Å². The first kappa shape index (κ1) is 12.2. The van der Waals surface area contributed by atoms with Gasteiger partial charge in [0.1, 0.15) is 0 Å². The highest BCUT2D eigenvalue weighted by Gasteiger charge is 2.41. The molecule has 102 valence electrons. The van der Waals surface area contributed by atoms with Crippen molar-refractivity contribution >= 4 is 6.03 Å². The number of likely N-dealkylation sites (tertiary alicyclic amines) is 2. The van der Waals surface area contributed by atoms with Gasteiger partial charge in [-0.15, -0.1) is 0 Å². The van der Waals surface area contributed by atoms with Crippen molar-refractivity contribution in [2.75, 3.05) is 66.5 Å². The van der Waals surface area contributed by atoms with Gasteiger partial charge in [0.05, 0.1) is 0 Å². The number of urea groups is 1. The summed E-state index contributed by atoms with van der Waals surface area (Å²) in [5.74, 6) is 1.43. The average molecular weight is 252 g/mol. The lowest BCUT2D eigenvalue weighted by Crippen LogP contribution is -2.51. The quantitative estimate of drug-likeness (QED) is 0.600. The number of rotatable bonds is 0. The molecule has 0 aromatic carbocycles. The molecule has 0 aromatic heterocycles. The molecule has 3 rings (SSSR count). The molecule has 5 heteroatoms. The standard InChI is InChI=1S/C13H24N4O/c1-14-3-5-16(6-4-14)13(18)17-9-11-7-15(2)8-12(11)10-17/h11-12H,3-10H2,1-2H3. The van der Waals surface area contributed by atoms with E-state index >= 15 is 0 Å². The topological polar surface area (TPSA) is 30.0 Å². The van der Waals surface area contributed by atoms with Crippen LogP contribution >= 0.6 is 0 Å². The molecule has 0 aliphatic carbocycles. The van der Waals surface area contributed by atoms with Gasteiger partial charge >= 0.3 is 6.03 Å². The van der Waals surface area contributed by atoms with Crippen molar-refractivity contribution < 1.29 is 4.79 Å². The summed E-state index contributed by atoms with van der Waals surface area (Å²) >= 11 is 0. The second-order valence-electron chi connectivity index (χ2n) is 6.22. The van der Waals surface area contributed by atoms with E-state index in [1.807, 2.05) is 4.90 Å². The number of carbonyl (C=O) groups is 1. The molecule has 0 radical (unpaired) electrons. The smallest absolute Gasteiger partial charge is 0.320 e. The van der Waals surface area contributed by atoms with Crippen molar-refractivity contribution in [3.8, 4) is 0 Å². The number of likely N-dealkylation sites (N-methyl/N-ethyl adjacent to an activating group) is 1. The second-order valence-corrected chi connectivity index (χ2v) is 6.22. The van der Waals surface area contributed by atoms with Crippen molar-refractivity contribution in [2.24, 2.45) is 11.8 Å². The number of piperazine rings is 1. The Balaban J connectivity index is 1.55. The van der Waals surface area contributed by atoms with Crippen molar-refractivity contribution in [1.82, 2.24) is 19.6 Å². The summed E-state index contributed by atoms with van der Waals surface area (Å²) in [5, 5.41) is 0. The maximum Gasteiger partial charge on any atom is 0.320 e. The van der Waals surface area contributed by atoms with E-state index in [0.29, 0.717) is 11.8 Å². The van der Waals surface area contributed by atoms with Crippen LogP contribution < -0.4 is 0 Å². The fraction of sp³-hybridized carbons (Fsp3) is 0.923. The predicted molar refractivity (Wildman–Crippen MR) is 70.5 cm³/mol. The Bertz CT molecular complexity index is 313. The fourth-order valence-electron chi connectivity index (χ4n) is 3.58. The second kappa shape index (κ2) is 4.70. The van der Waals surface area contributed by atoms with Gasteiger partial charge < -0.3 is 19.6 Å². The summed E-state index contributed by atoms with van der Waals surface area (Å²) in [7, 11) is 4.31. The minimum Gasteiger partial charge on any atom is -0.324 e. The number of hydrogen-bond acceptors (Lipinski definition) is 3. The van der Waals surface area contributed by atoms with Crippen LogP contribution in [-0.2, 0) is 0 Å². The van der Waals surface area contributed by atoms with Crippen molar-refractivity contribution in [3.05, 3.63) is 0 Å². The highest BCUT2D eigenvalue weighted by Crippen LogP contribution is 2.30. The Morgan fingerprint density at radius 1 is 0.778 bits per heavy atom. The molecule has 2 atom stereocenters. The molecule has 0 bridgehead atoms.